The third kappa shape index (κ3) is 6.29. The van der Waals surface area contributed by atoms with E-state index in [1.54, 1.807) is 19.2 Å². The number of nitrogens with zero attached hydrogens (tertiary/aromatic N) is 2. The van der Waals surface area contributed by atoms with Crippen molar-refractivity contribution in [3.63, 3.8) is 0 Å². The first-order valence-corrected chi connectivity index (χ1v) is 8.16. The van der Waals surface area contributed by atoms with Crippen LogP contribution in [0.4, 0.5) is 5.69 Å². The maximum Gasteiger partial charge on any atom is 0.269 e. The number of nitro benzene ring substituents is 1. The van der Waals surface area contributed by atoms with E-state index in [1.165, 1.54) is 17.7 Å². The monoisotopic (exact) mass is 468 g/mol. The van der Waals surface area contributed by atoms with Crippen molar-refractivity contribution in [2.45, 2.75) is 25.8 Å². The number of halogens is 1. The van der Waals surface area contributed by atoms with Crippen LogP contribution in [0.1, 0.15) is 25.0 Å². The predicted molar refractivity (Wildman–Crippen MR) is 116 cm³/mol. The number of nitrogens with one attached hydrogen (secondary N) is 2. The molecule has 0 spiro atoms. The third-order valence-electron chi connectivity index (χ3n) is 4.08. The van der Waals surface area contributed by atoms with Crippen molar-refractivity contribution in [3.8, 4) is 0 Å². The van der Waals surface area contributed by atoms with Gasteiger partial charge in [0, 0.05) is 37.7 Å². The first kappa shape index (κ1) is 21.9. The second kappa shape index (κ2) is 10.1. The largest absolute Gasteiger partial charge is 0.356 e. The van der Waals surface area contributed by atoms with Crippen molar-refractivity contribution in [1.82, 2.24) is 10.6 Å². The van der Waals surface area contributed by atoms with Gasteiger partial charge in [0.15, 0.2) is 5.96 Å². The fourth-order valence-corrected chi connectivity index (χ4v) is 2.44. The molecule has 7 heteroatoms. The fraction of sp³-hybridized carbons (Fsp3) is 0.316. The van der Waals surface area contributed by atoms with Crippen LogP contribution in [-0.4, -0.2) is 24.5 Å². The summed E-state index contributed by atoms with van der Waals surface area (Å²) >= 11 is 0. The van der Waals surface area contributed by atoms with Crippen LogP contribution in [-0.2, 0) is 12.0 Å². The molecule has 0 saturated carbocycles. The zero-order valence-corrected chi connectivity index (χ0v) is 17.6. The topological polar surface area (TPSA) is 79.6 Å². The lowest BCUT2D eigenvalue weighted by Crippen LogP contribution is -2.43. The first-order chi connectivity index (χ1) is 11.9. The lowest BCUT2D eigenvalue weighted by atomic mass is 9.85. The average molecular weight is 468 g/mol. The molecule has 2 aromatic carbocycles. The highest BCUT2D eigenvalue weighted by Gasteiger charge is 2.20. The summed E-state index contributed by atoms with van der Waals surface area (Å²) in [5.41, 5.74) is 2.27. The number of hydrogen-bond acceptors (Lipinski definition) is 3. The van der Waals surface area contributed by atoms with E-state index in [0.717, 1.165) is 12.1 Å². The van der Waals surface area contributed by atoms with Gasteiger partial charge in [0.25, 0.3) is 5.69 Å². The van der Waals surface area contributed by atoms with Gasteiger partial charge in [-0.2, -0.15) is 0 Å². The molecular formula is C19H25IN4O2. The standard InChI is InChI=1S/C19H24N4O2.HI/c1-19(2,16-7-5-4-6-8-16)14-22-18(20-3)21-13-15-9-11-17(12-10-15)23(24)25;/h4-12H,13-14H2,1-3H3,(H2,20,21,22);1H. The van der Waals surface area contributed by atoms with Crippen molar-refractivity contribution in [2.75, 3.05) is 13.6 Å². The number of rotatable bonds is 6. The van der Waals surface area contributed by atoms with E-state index in [0.29, 0.717) is 12.5 Å². The molecule has 0 bridgehead atoms. The van der Waals surface area contributed by atoms with E-state index in [2.05, 4.69) is 41.6 Å². The Bertz CT molecular complexity index is 731. The number of hydrogen-bond donors (Lipinski definition) is 2. The quantitative estimate of drug-likeness (QED) is 0.222. The summed E-state index contributed by atoms with van der Waals surface area (Å²) in [6.45, 7) is 5.64. The van der Waals surface area contributed by atoms with Gasteiger partial charge in [0.05, 0.1) is 4.92 Å². The van der Waals surface area contributed by atoms with E-state index in [9.17, 15) is 10.1 Å². The van der Waals surface area contributed by atoms with Crippen LogP contribution in [0.15, 0.2) is 59.6 Å². The Hall–Kier alpha value is -2.16. The van der Waals surface area contributed by atoms with Gasteiger partial charge in [-0.05, 0) is 11.1 Å². The summed E-state index contributed by atoms with van der Waals surface area (Å²) in [5.74, 6) is 0.697. The molecule has 0 fully saturated rings. The SMILES string of the molecule is CN=C(NCc1ccc([N+](=O)[O-])cc1)NCC(C)(C)c1ccccc1.I. The van der Waals surface area contributed by atoms with Crippen molar-refractivity contribution >= 4 is 35.6 Å². The fourth-order valence-electron chi connectivity index (χ4n) is 2.44. The number of nitro groups is 1. The van der Waals surface area contributed by atoms with Gasteiger partial charge in [-0.1, -0.05) is 56.3 Å². The maximum absolute atomic E-state index is 10.7. The first-order valence-electron chi connectivity index (χ1n) is 8.16. The number of benzene rings is 2. The molecule has 0 saturated heterocycles. The van der Waals surface area contributed by atoms with Crippen LogP contribution in [0.3, 0.4) is 0 Å². The molecule has 0 aliphatic rings. The van der Waals surface area contributed by atoms with Crippen LogP contribution in [0.2, 0.25) is 0 Å². The minimum atomic E-state index is -0.399. The summed E-state index contributed by atoms with van der Waals surface area (Å²) in [5, 5.41) is 17.2. The van der Waals surface area contributed by atoms with Gasteiger partial charge in [-0.3, -0.25) is 15.1 Å². The Labute approximate surface area is 171 Å². The van der Waals surface area contributed by atoms with E-state index < -0.39 is 4.92 Å². The van der Waals surface area contributed by atoms with Gasteiger partial charge >= 0.3 is 0 Å². The summed E-state index contributed by atoms with van der Waals surface area (Å²) in [4.78, 5) is 14.5. The molecule has 0 amide bonds. The number of non-ortho nitro benzene ring substituents is 1. The normalized spacial score (nSPS) is 11.4. The minimum absolute atomic E-state index is 0. The van der Waals surface area contributed by atoms with Crippen molar-refractivity contribution < 1.29 is 4.92 Å². The third-order valence-corrected chi connectivity index (χ3v) is 4.08. The Balaban J connectivity index is 0.00000338. The smallest absolute Gasteiger partial charge is 0.269 e. The Morgan fingerprint density at radius 2 is 1.69 bits per heavy atom. The zero-order chi connectivity index (χ0) is 18.3. The predicted octanol–water partition coefficient (Wildman–Crippen LogP) is 3.86. The highest BCUT2D eigenvalue weighted by molar-refractivity contribution is 14.0. The number of aliphatic imine (C=N–C) groups is 1. The molecule has 2 aromatic rings. The van der Waals surface area contributed by atoms with E-state index in [1.807, 2.05) is 18.2 Å². The van der Waals surface area contributed by atoms with Gasteiger partial charge in [-0.25, -0.2) is 0 Å². The Morgan fingerprint density at radius 3 is 2.23 bits per heavy atom. The number of guanidine groups is 1. The highest BCUT2D eigenvalue weighted by Crippen LogP contribution is 2.21. The molecule has 0 aromatic heterocycles. The van der Waals surface area contributed by atoms with E-state index in [4.69, 9.17) is 0 Å². The van der Waals surface area contributed by atoms with Gasteiger partial charge in [-0.15, -0.1) is 24.0 Å². The Morgan fingerprint density at radius 1 is 1.08 bits per heavy atom. The molecule has 0 unspecified atom stereocenters. The molecule has 0 atom stereocenters. The second-order valence-corrected chi connectivity index (χ2v) is 6.45. The summed E-state index contributed by atoms with van der Waals surface area (Å²) in [6.07, 6.45) is 0. The van der Waals surface area contributed by atoms with Crippen LogP contribution >= 0.6 is 24.0 Å². The van der Waals surface area contributed by atoms with Gasteiger partial charge < -0.3 is 10.6 Å². The van der Waals surface area contributed by atoms with Gasteiger partial charge in [0.1, 0.15) is 0 Å². The molecule has 0 heterocycles. The van der Waals surface area contributed by atoms with Crippen LogP contribution in [0, 0.1) is 10.1 Å². The minimum Gasteiger partial charge on any atom is -0.356 e. The van der Waals surface area contributed by atoms with Crippen molar-refractivity contribution in [3.05, 3.63) is 75.8 Å². The van der Waals surface area contributed by atoms with Gasteiger partial charge in [0.2, 0.25) is 0 Å². The summed E-state index contributed by atoms with van der Waals surface area (Å²) in [6, 6.07) is 16.8. The van der Waals surface area contributed by atoms with Crippen LogP contribution in [0.5, 0.6) is 0 Å². The molecule has 26 heavy (non-hydrogen) atoms. The van der Waals surface area contributed by atoms with E-state index in [-0.39, 0.29) is 35.1 Å². The second-order valence-electron chi connectivity index (χ2n) is 6.45. The van der Waals surface area contributed by atoms with E-state index >= 15 is 0 Å². The molecular weight excluding hydrogens is 443 g/mol. The lowest BCUT2D eigenvalue weighted by Gasteiger charge is -2.26. The molecule has 0 aliphatic heterocycles. The molecule has 0 aliphatic carbocycles. The molecule has 140 valence electrons. The average Bonchev–Trinajstić information content (AvgIpc) is 2.63. The van der Waals surface area contributed by atoms with Crippen LogP contribution < -0.4 is 10.6 Å². The lowest BCUT2D eigenvalue weighted by molar-refractivity contribution is -0.384. The molecule has 6 nitrogen and oxygen atoms in total. The zero-order valence-electron chi connectivity index (χ0n) is 15.2. The van der Waals surface area contributed by atoms with Crippen molar-refractivity contribution in [2.24, 2.45) is 4.99 Å². The van der Waals surface area contributed by atoms with Crippen LogP contribution in [0.25, 0.3) is 0 Å². The highest BCUT2D eigenvalue weighted by atomic mass is 127. The molecule has 0 radical (unpaired) electrons. The summed E-state index contributed by atoms with van der Waals surface area (Å²) < 4.78 is 0. The Kier molecular flexibility index (Phi) is 8.50. The summed E-state index contributed by atoms with van der Waals surface area (Å²) in [7, 11) is 1.72. The van der Waals surface area contributed by atoms with Crippen molar-refractivity contribution in [1.29, 1.82) is 0 Å². The maximum atomic E-state index is 10.7. The molecule has 2 rings (SSSR count). The molecule has 2 N–H and O–H groups in total.